The van der Waals surface area contributed by atoms with Gasteiger partial charge in [-0.15, -0.1) is 20.4 Å². The highest BCUT2D eigenvalue weighted by Gasteiger charge is 2.24. The lowest BCUT2D eigenvalue weighted by Gasteiger charge is -2.26. The van der Waals surface area contributed by atoms with Crippen LogP contribution in [0.3, 0.4) is 0 Å². The Hall–Kier alpha value is -3.01. The van der Waals surface area contributed by atoms with E-state index < -0.39 is 29.0 Å². The van der Waals surface area contributed by atoms with Crippen molar-refractivity contribution in [3.63, 3.8) is 0 Å². The quantitative estimate of drug-likeness (QED) is 0.609. The first-order valence-electron chi connectivity index (χ1n) is 9.77. The van der Waals surface area contributed by atoms with Crippen LogP contribution in [-0.4, -0.2) is 61.5 Å². The van der Waals surface area contributed by atoms with Gasteiger partial charge in [0, 0.05) is 17.7 Å². The van der Waals surface area contributed by atoms with E-state index >= 15 is 0 Å². The zero-order chi connectivity index (χ0) is 23.2. The number of halogens is 1. The second-order valence-electron chi connectivity index (χ2n) is 8.99. The third-order valence-electron chi connectivity index (χ3n) is 3.66. The number of hydrogen-bond acceptors (Lipinski definition) is 9. The van der Waals surface area contributed by atoms with Crippen molar-refractivity contribution in [2.75, 3.05) is 13.1 Å². The van der Waals surface area contributed by atoms with Gasteiger partial charge in [0.1, 0.15) is 17.0 Å². The zero-order valence-corrected chi connectivity index (χ0v) is 18.7. The Morgan fingerprint density at radius 1 is 0.935 bits per heavy atom. The number of aromatic nitrogens is 4. The van der Waals surface area contributed by atoms with E-state index in [1.165, 1.54) is 23.4 Å². The molecule has 0 radical (unpaired) electrons. The lowest BCUT2D eigenvalue weighted by molar-refractivity contribution is -0.160. The first-order valence-corrected chi connectivity index (χ1v) is 9.77. The van der Waals surface area contributed by atoms with Gasteiger partial charge in [0.15, 0.2) is 6.33 Å². The number of hydrogen-bond donors (Lipinski definition) is 0. The van der Waals surface area contributed by atoms with E-state index in [1.54, 1.807) is 47.6 Å². The van der Waals surface area contributed by atoms with Gasteiger partial charge < -0.3 is 9.47 Å². The molecule has 9 nitrogen and oxygen atoms in total. The summed E-state index contributed by atoms with van der Waals surface area (Å²) in [5.41, 5.74) is -0.668. The molecule has 0 aliphatic rings. The molecule has 10 heteroatoms. The van der Waals surface area contributed by atoms with Crippen LogP contribution in [0.5, 0.6) is 0 Å². The van der Waals surface area contributed by atoms with Gasteiger partial charge in [-0.3, -0.25) is 14.5 Å². The third kappa shape index (κ3) is 8.71. The summed E-state index contributed by atoms with van der Waals surface area (Å²) in [6.45, 7) is 10.1. The molecule has 0 saturated heterocycles. The molecule has 1 heterocycles. The Kier molecular flexibility index (Phi) is 7.72. The number of nitrogens with zero attached hydrogens (tertiary/aromatic N) is 5. The molecule has 0 fully saturated rings. The summed E-state index contributed by atoms with van der Waals surface area (Å²) >= 11 is 0. The zero-order valence-electron chi connectivity index (χ0n) is 18.7. The van der Waals surface area contributed by atoms with Gasteiger partial charge in [0.2, 0.25) is 5.82 Å². The minimum absolute atomic E-state index is 0.00323. The van der Waals surface area contributed by atoms with Crippen LogP contribution in [0, 0.1) is 5.82 Å². The van der Waals surface area contributed by atoms with Gasteiger partial charge in [-0.25, -0.2) is 4.39 Å². The van der Waals surface area contributed by atoms with Crippen LogP contribution in [0.1, 0.15) is 47.1 Å². The summed E-state index contributed by atoms with van der Waals surface area (Å²) in [6, 6.07) is 4.42. The van der Waals surface area contributed by atoms with E-state index in [9.17, 15) is 14.0 Å². The third-order valence-corrected chi connectivity index (χ3v) is 3.66. The van der Waals surface area contributed by atoms with Gasteiger partial charge in [-0.2, -0.15) is 0 Å². The van der Waals surface area contributed by atoms with Gasteiger partial charge >= 0.3 is 11.9 Å². The number of benzene rings is 1. The molecule has 0 amide bonds. The van der Waals surface area contributed by atoms with E-state index in [0.717, 1.165) is 0 Å². The van der Waals surface area contributed by atoms with Crippen molar-refractivity contribution < 1.29 is 23.5 Å². The molecule has 1 aromatic heterocycles. The summed E-state index contributed by atoms with van der Waals surface area (Å²) in [6.07, 6.45) is 1.18. The maximum Gasteiger partial charge on any atom is 0.320 e. The van der Waals surface area contributed by atoms with Crippen molar-refractivity contribution >= 4 is 11.9 Å². The molecule has 0 saturated carbocycles. The lowest BCUT2D eigenvalue weighted by atomic mass is 10.1. The largest absolute Gasteiger partial charge is 0.459 e. The standard InChI is InChI=1S/C21H28FN5O4/c1-20(2,3)30-17(28)11-27(12-18(29)31-21(4,5)6)10-15-8-7-14(9-16(15)22)19-25-23-13-24-26-19/h7-9,13H,10-12H2,1-6H3. The van der Waals surface area contributed by atoms with Crippen molar-refractivity contribution in [1.82, 2.24) is 25.3 Å². The molecule has 31 heavy (non-hydrogen) atoms. The van der Waals surface area contributed by atoms with Gasteiger partial charge in [0.25, 0.3) is 0 Å². The van der Waals surface area contributed by atoms with Crippen molar-refractivity contribution in [1.29, 1.82) is 0 Å². The maximum atomic E-state index is 14.8. The van der Waals surface area contributed by atoms with Gasteiger partial charge in [-0.05, 0) is 47.6 Å². The normalized spacial score (nSPS) is 12.0. The van der Waals surface area contributed by atoms with Crippen LogP contribution in [0.4, 0.5) is 4.39 Å². The summed E-state index contributed by atoms with van der Waals surface area (Å²) in [5.74, 6) is -1.40. The van der Waals surface area contributed by atoms with E-state index in [4.69, 9.17) is 9.47 Å². The van der Waals surface area contributed by atoms with Crippen molar-refractivity contribution in [2.24, 2.45) is 0 Å². The van der Waals surface area contributed by atoms with Gasteiger partial charge in [0.05, 0.1) is 13.1 Å². The summed E-state index contributed by atoms with van der Waals surface area (Å²) in [4.78, 5) is 26.1. The molecule has 0 spiro atoms. The van der Waals surface area contributed by atoms with Crippen LogP contribution in [0.2, 0.25) is 0 Å². The Morgan fingerprint density at radius 2 is 1.45 bits per heavy atom. The first kappa shape index (κ1) is 24.3. The lowest BCUT2D eigenvalue weighted by Crippen LogP contribution is -2.39. The molecule has 168 valence electrons. The highest BCUT2D eigenvalue weighted by molar-refractivity contribution is 5.75. The number of ether oxygens (including phenoxy) is 2. The monoisotopic (exact) mass is 433 g/mol. The van der Waals surface area contributed by atoms with Crippen LogP contribution in [-0.2, 0) is 25.6 Å². The fourth-order valence-electron chi connectivity index (χ4n) is 2.66. The molecule has 0 atom stereocenters. The second kappa shape index (κ2) is 9.86. The summed E-state index contributed by atoms with van der Waals surface area (Å²) in [7, 11) is 0. The van der Waals surface area contributed by atoms with E-state index in [2.05, 4.69) is 20.4 Å². The number of carbonyl (C=O) groups excluding carboxylic acids is 2. The number of rotatable bonds is 7. The smallest absolute Gasteiger partial charge is 0.320 e. The first-order chi connectivity index (χ1) is 14.3. The number of carbonyl (C=O) groups is 2. The summed E-state index contributed by atoms with van der Waals surface area (Å²) < 4.78 is 25.4. The van der Waals surface area contributed by atoms with Crippen LogP contribution in [0.15, 0.2) is 24.5 Å². The Morgan fingerprint density at radius 3 is 1.90 bits per heavy atom. The maximum absolute atomic E-state index is 14.8. The minimum Gasteiger partial charge on any atom is -0.459 e. The average Bonchev–Trinajstić information content (AvgIpc) is 2.60. The predicted octanol–water partition coefficient (Wildman–Crippen LogP) is 2.56. The Bertz CT molecular complexity index is 880. The fourth-order valence-corrected chi connectivity index (χ4v) is 2.66. The molecule has 0 N–H and O–H groups in total. The fraction of sp³-hybridized carbons (Fsp3) is 0.524. The number of esters is 2. The molecule has 2 aromatic rings. The van der Waals surface area contributed by atoms with E-state index in [-0.39, 0.29) is 31.0 Å². The molecular formula is C21H28FN5O4. The van der Waals surface area contributed by atoms with Crippen LogP contribution < -0.4 is 0 Å². The van der Waals surface area contributed by atoms with E-state index in [0.29, 0.717) is 5.56 Å². The molecular weight excluding hydrogens is 405 g/mol. The van der Waals surface area contributed by atoms with E-state index in [1.807, 2.05) is 0 Å². The SMILES string of the molecule is CC(C)(C)OC(=O)CN(CC(=O)OC(C)(C)C)Cc1ccc(-c2nncnn2)cc1F. The molecule has 0 aliphatic carbocycles. The molecule has 0 aliphatic heterocycles. The average molecular weight is 433 g/mol. The van der Waals surface area contributed by atoms with Crippen LogP contribution in [0.25, 0.3) is 11.4 Å². The van der Waals surface area contributed by atoms with Crippen LogP contribution >= 0.6 is 0 Å². The molecule has 0 bridgehead atoms. The van der Waals surface area contributed by atoms with Crippen molar-refractivity contribution in [2.45, 2.75) is 59.3 Å². The highest BCUT2D eigenvalue weighted by atomic mass is 19.1. The van der Waals surface area contributed by atoms with Crippen molar-refractivity contribution in [3.8, 4) is 11.4 Å². The molecule has 2 rings (SSSR count). The molecule has 1 aromatic carbocycles. The highest BCUT2D eigenvalue weighted by Crippen LogP contribution is 2.19. The Balaban J connectivity index is 2.19. The van der Waals surface area contributed by atoms with Crippen molar-refractivity contribution in [3.05, 3.63) is 35.9 Å². The summed E-state index contributed by atoms with van der Waals surface area (Å²) in [5, 5.41) is 14.9. The molecule has 0 unspecified atom stereocenters. The Labute approximate surface area is 181 Å². The second-order valence-corrected chi connectivity index (χ2v) is 8.99. The minimum atomic E-state index is -0.681. The topological polar surface area (TPSA) is 107 Å². The van der Waals surface area contributed by atoms with Gasteiger partial charge in [-0.1, -0.05) is 12.1 Å². The predicted molar refractivity (Wildman–Crippen MR) is 110 cm³/mol.